The number of fused-ring (bicyclic) bond motifs is 1. The Labute approximate surface area is 168 Å². The Morgan fingerprint density at radius 3 is 2.54 bits per heavy atom. The van der Waals surface area contributed by atoms with Gasteiger partial charge in [-0.3, -0.25) is 4.79 Å². The predicted octanol–water partition coefficient (Wildman–Crippen LogP) is 4.58. The minimum atomic E-state index is 0.162. The summed E-state index contributed by atoms with van der Waals surface area (Å²) in [5, 5.41) is 2.22. The molecule has 2 heterocycles. The highest BCUT2D eigenvalue weighted by molar-refractivity contribution is 5.98. The van der Waals surface area contributed by atoms with E-state index in [1.54, 1.807) is 0 Å². The third kappa shape index (κ3) is 4.33. The summed E-state index contributed by atoms with van der Waals surface area (Å²) in [6.07, 6.45) is 5.88. The molecule has 0 aliphatic carbocycles. The van der Waals surface area contributed by atoms with Crippen molar-refractivity contribution in [2.45, 2.75) is 45.1 Å². The number of likely N-dealkylation sites (tertiary alicyclic amines) is 2. The zero-order chi connectivity index (χ0) is 19.5. The molecule has 150 valence electrons. The fraction of sp³-hybridized carbons (Fsp3) is 0.542. The second-order valence-corrected chi connectivity index (χ2v) is 8.61. The number of ether oxygens (including phenoxy) is 1. The van der Waals surface area contributed by atoms with Crippen LogP contribution in [0, 0.1) is 5.92 Å². The largest absolute Gasteiger partial charge is 0.494 e. The summed E-state index contributed by atoms with van der Waals surface area (Å²) in [5.74, 6) is 1.81. The van der Waals surface area contributed by atoms with Crippen LogP contribution in [0.2, 0.25) is 0 Å². The van der Waals surface area contributed by atoms with Gasteiger partial charge in [-0.2, -0.15) is 0 Å². The van der Waals surface area contributed by atoms with Gasteiger partial charge in [0.25, 0.3) is 5.91 Å². The van der Waals surface area contributed by atoms with E-state index in [2.05, 4.69) is 31.0 Å². The molecule has 2 fully saturated rings. The number of hydrogen-bond acceptors (Lipinski definition) is 3. The number of carbonyl (C=O) groups excluding carboxylic acids is 1. The first kappa shape index (κ1) is 19.3. The van der Waals surface area contributed by atoms with Gasteiger partial charge in [0.05, 0.1) is 6.61 Å². The maximum Gasteiger partial charge on any atom is 0.253 e. The summed E-state index contributed by atoms with van der Waals surface area (Å²) in [4.78, 5) is 17.2. The normalized spacial score (nSPS) is 21.4. The highest BCUT2D eigenvalue weighted by Crippen LogP contribution is 2.25. The van der Waals surface area contributed by atoms with Crippen LogP contribution in [0.4, 0.5) is 0 Å². The zero-order valence-electron chi connectivity index (χ0n) is 17.2. The molecule has 28 heavy (non-hydrogen) atoms. The lowest BCUT2D eigenvalue weighted by atomic mass is 9.98. The topological polar surface area (TPSA) is 32.8 Å². The molecule has 1 amide bonds. The zero-order valence-corrected chi connectivity index (χ0v) is 17.2. The van der Waals surface area contributed by atoms with E-state index in [4.69, 9.17) is 4.74 Å². The van der Waals surface area contributed by atoms with Crippen molar-refractivity contribution in [2.24, 2.45) is 5.92 Å². The number of amides is 1. The van der Waals surface area contributed by atoms with Crippen LogP contribution in [-0.2, 0) is 0 Å². The maximum absolute atomic E-state index is 12.8. The van der Waals surface area contributed by atoms with Gasteiger partial charge < -0.3 is 14.5 Å². The van der Waals surface area contributed by atoms with Gasteiger partial charge in [-0.15, -0.1) is 0 Å². The summed E-state index contributed by atoms with van der Waals surface area (Å²) >= 11 is 0. The van der Waals surface area contributed by atoms with Gasteiger partial charge in [0, 0.05) is 24.7 Å². The molecule has 2 aliphatic rings. The molecule has 4 nitrogen and oxygen atoms in total. The van der Waals surface area contributed by atoms with Gasteiger partial charge in [0.15, 0.2) is 0 Å². The molecule has 1 atom stereocenters. The monoisotopic (exact) mass is 380 g/mol. The summed E-state index contributed by atoms with van der Waals surface area (Å²) in [6.45, 7) is 5.98. The summed E-state index contributed by atoms with van der Waals surface area (Å²) in [6, 6.07) is 12.9. The summed E-state index contributed by atoms with van der Waals surface area (Å²) < 4.78 is 6.01. The molecule has 0 spiro atoms. The van der Waals surface area contributed by atoms with E-state index >= 15 is 0 Å². The maximum atomic E-state index is 12.8. The smallest absolute Gasteiger partial charge is 0.253 e. The Bertz CT molecular complexity index is 826. The molecule has 0 radical (unpaired) electrons. The first-order valence-electron chi connectivity index (χ1n) is 10.8. The minimum Gasteiger partial charge on any atom is -0.494 e. The standard InChI is InChI=1S/C24H32N2O2/c1-18-9-13-26(14-10-18)24(27)21-6-5-20-17-23(8-7-19(20)16-21)28-15-11-22-4-3-12-25(22)2/h5-8,16-18,22H,3-4,9-15H2,1-2H3. The fourth-order valence-corrected chi connectivity index (χ4v) is 4.50. The molecule has 0 N–H and O–H groups in total. The average molecular weight is 381 g/mol. The van der Waals surface area contributed by atoms with Gasteiger partial charge in [-0.1, -0.05) is 19.1 Å². The minimum absolute atomic E-state index is 0.162. The lowest BCUT2D eigenvalue weighted by Gasteiger charge is -2.30. The number of rotatable bonds is 5. The number of piperidine rings is 1. The molecule has 2 aliphatic heterocycles. The second kappa shape index (κ2) is 8.52. The van der Waals surface area contributed by atoms with E-state index in [9.17, 15) is 4.79 Å². The molecule has 4 heteroatoms. The van der Waals surface area contributed by atoms with E-state index in [1.165, 1.54) is 19.4 Å². The quantitative estimate of drug-likeness (QED) is 0.761. The van der Waals surface area contributed by atoms with E-state index in [1.807, 2.05) is 29.2 Å². The average Bonchev–Trinajstić information content (AvgIpc) is 3.12. The first-order chi connectivity index (χ1) is 13.6. The van der Waals surface area contributed by atoms with Crippen LogP contribution >= 0.6 is 0 Å². The van der Waals surface area contributed by atoms with E-state index < -0.39 is 0 Å². The van der Waals surface area contributed by atoms with Crippen molar-refractivity contribution in [3.63, 3.8) is 0 Å². The molecule has 2 saturated heterocycles. The Kier molecular flexibility index (Phi) is 5.86. The van der Waals surface area contributed by atoms with Crippen molar-refractivity contribution in [2.75, 3.05) is 33.3 Å². The highest BCUT2D eigenvalue weighted by Gasteiger charge is 2.22. The van der Waals surface area contributed by atoms with E-state index in [0.29, 0.717) is 6.04 Å². The van der Waals surface area contributed by atoms with Crippen molar-refractivity contribution in [3.8, 4) is 5.75 Å². The predicted molar refractivity (Wildman–Crippen MR) is 114 cm³/mol. The lowest BCUT2D eigenvalue weighted by molar-refractivity contribution is 0.0697. The van der Waals surface area contributed by atoms with Crippen LogP contribution in [0.15, 0.2) is 36.4 Å². The molecule has 0 aromatic heterocycles. The third-order valence-electron chi connectivity index (χ3n) is 6.52. The Hall–Kier alpha value is -2.07. The van der Waals surface area contributed by atoms with Crippen molar-refractivity contribution in [1.82, 2.24) is 9.80 Å². The summed E-state index contributed by atoms with van der Waals surface area (Å²) in [7, 11) is 2.21. The van der Waals surface area contributed by atoms with E-state index in [0.717, 1.165) is 67.0 Å². The van der Waals surface area contributed by atoms with Crippen LogP contribution in [0.3, 0.4) is 0 Å². The van der Waals surface area contributed by atoms with Crippen molar-refractivity contribution in [1.29, 1.82) is 0 Å². The van der Waals surface area contributed by atoms with Gasteiger partial charge in [0.1, 0.15) is 5.75 Å². The van der Waals surface area contributed by atoms with Gasteiger partial charge >= 0.3 is 0 Å². The molecule has 0 saturated carbocycles. The molecular weight excluding hydrogens is 348 g/mol. The van der Waals surface area contributed by atoms with Gasteiger partial charge in [0.2, 0.25) is 0 Å². The highest BCUT2D eigenvalue weighted by atomic mass is 16.5. The van der Waals surface area contributed by atoms with Crippen molar-refractivity contribution < 1.29 is 9.53 Å². The van der Waals surface area contributed by atoms with Crippen LogP contribution in [-0.4, -0.2) is 55.0 Å². The number of hydrogen-bond donors (Lipinski definition) is 0. The Morgan fingerprint density at radius 2 is 1.79 bits per heavy atom. The molecule has 2 aromatic carbocycles. The molecule has 2 aromatic rings. The van der Waals surface area contributed by atoms with Crippen LogP contribution in [0.1, 0.15) is 49.4 Å². The molecular formula is C24H32N2O2. The molecule has 0 bridgehead atoms. The molecule has 1 unspecified atom stereocenters. The molecule has 4 rings (SSSR count). The summed E-state index contributed by atoms with van der Waals surface area (Å²) in [5.41, 5.74) is 0.792. The second-order valence-electron chi connectivity index (χ2n) is 8.61. The number of nitrogens with zero attached hydrogens (tertiary/aromatic N) is 2. The van der Waals surface area contributed by atoms with Crippen molar-refractivity contribution >= 4 is 16.7 Å². The van der Waals surface area contributed by atoms with Crippen LogP contribution in [0.5, 0.6) is 5.75 Å². The lowest BCUT2D eigenvalue weighted by Crippen LogP contribution is -2.37. The van der Waals surface area contributed by atoms with E-state index in [-0.39, 0.29) is 5.91 Å². The van der Waals surface area contributed by atoms with Crippen LogP contribution in [0.25, 0.3) is 10.8 Å². The third-order valence-corrected chi connectivity index (χ3v) is 6.52. The first-order valence-corrected chi connectivity index (χ1v) is 10.8. The SMILES string of the molecule is CC1CCN(C(=O)c2ccc3cc(OCCC4CCCN4C)ccc3c2)CC1. The fourth-order valence-electron chi connectivity index (χ4n) is 4.50. The number of benzene rings is 2. The van der Waals surface area contributed by atoms with Crippen molar-refractivity contribution in [3.05, 3.63) is 42.0 Å². The number of carbonyl (C=O) groups is 1. The Morgan fingerprint density at radius 1 is 1.04 bits per heavy atom. The van der Waals surface area contributed by atoms with Crippen LogP contribution < -0.4 is 4.74 Å². The van der Waals surface area contributed by atoms with Gasteiger partial charge in [-0.05, 0) is 86.7 Å². The Balaban J connectivity index is 1.39. The van der Waals surface area contributed by atoms with Gasteiger partial charge in [-0.25, -0.2) is 0 Å².